The van der Waals surface area contributed by atoms with Crippen molar-refractivity contribution in [1.82, 2.24) is 0 Å². The number of nitrogens with two attached hydrogens (primary N) is 1. The minimum Gasteiger partial charge on any atom is -0.494 e. The summed E-state index contributed by atoms with van der Waals surface area (Å²) in [6.07, 6.45) is 0.847. The minimum absolute atomic E-state index is 0.0685. The molecule has 1 aromatic rings. The van der Waals surface area contributed by atoms with Gasteiger partial charge >= 0.3 is 5.97 Å². The molecule has 0 unspecified atom stereocenters. The van der Waals surface area contributed by atoms with E-state index in [-0.39, 0.29) is 31.0 Å². The first kappa shape index (κ1) is 21.7. The van der Waals surface area contributed by atoms with Crippen LogP contribution in [0.3, 0.4) is 0 Å². The van der Waals surface area contributed by atoms with Crippen LogP contribution >= 0.6 is 0 Å². The highest BCUT2D eigenvalue weighted by Crippen LogP contribution is 2.37. The average molecular weight is 400 g/mol. The van der Waals surface area contributed by atoms with Crippen LogP contribution in [0.5, 0.6) is 5.75 Å². The predicted octanol–water partition coefficient (Wildman–Crippen LogP) is 2.08. The SMILES string of the molecule is CC(C)(C)OC(=O)C1(S(=O)(=O)c2ccc(OCCCN)cc2)CCOCC1. The lowest BCUT2D eigenvalue weighted by Crippen LogP contribution is -2.53. The van der Waals surface area contributed by atoms with Gasteiger partial charge in [-0.05, 0) is 58.0 Å². The van der Waals surface area contributed by atoms with Gasteiger partial charge in [-0.2, -0.15) is 0 Å². The maximum atomic E-state index is 13.4. The lowest BCUT2D eigenvalue weighted by Gasteiger charge is -2.36. The number of hydrogen-bond acceptors (Lipinski definition) is 7. The van der Waals surface area contributed by atoms with Crippen molar-refractivity contribution in [3.05, 3.63) is 24.3 Å². The quantitative estimate of drug-likeness (QED) is 0.553. The fourth-order valence-corrected chi connectivity index (χ4v) is 4.78. The Kier molecular flexibility index (Phi) is 6.88. The van der Waals surface area contributed by atoms with Gasteiger partial charge in [-0.1, -0.05) is 0 Å². The fourth-order valence-electron chi connectivity index (χ4n) is 2.87. The van der Waals surface area contributed by atoms with Gasteiger partial charge in [0.05, 0.1) is 11.5 Å². The largest absolute Gasteiger partial charge is 0.494 e. The summed E-state index contributed by atoms with van der Waals surface area (Å²) in [5, 5.41) is 0. The van der Waals surface area contributed by atoms with Gasteiger partial charge in [-0.15, -0.1) is 0 Å². The molecule has 0 aromatic heterocycles. The van der Waals surface area contributed by atoms with Gasteiger partial charge in [0.15, 0.2) is 14.6 Å². The van der Waals surface area contributed by atoms with Crippen LogP contribution in [0.25, 0.3) is 0 Å². The molecule has 0 saturated carbocycles. The van der Waals surface area contributed by atoms with Crippen LogP contribution in [0, 0.1) is 0 Å². The molecule has 2 rings (SSSR count). The average Bonchev–Trinajstić information content (AvgIpc) is 2.61. The topological polar surface area (TPSA) is 105 Å². The molecule has 0 radical (unpaired) electrons. The third-order valence-electron chi connectivity index (χ3n) is 4.34. The molecule has 1 fully saturated rings. The summed E-state index contributed by atoms with van der Waals surface area (Å²) in [6, 6.07) is 6.11. The summed E-state index contributed by atoms with van der Waals surface area (Å²) in [7, 11) is -3.97. The molecule has 1 saturated heterocycles. The molecule has 0 spiro atoms. The zero-order valence-corrected chi connectivity index (χ0v) is 17.0. The Balaban J connectivity index is 2.32. The Morgan fingerprint density at radius 1 is 1.19 bits per heavy atom. The van der Waals surface area contributed by atoms with Crippen LogP contribution in [-0.2, 0) is 24.1 Å². The molecule has 2 N–H and O–H groups in total. The van der Waals surface area contributed by atoms with E-state index in [1.807, 2.05) is 0 Å². The van der Waals surface area contributed by atoms with Gasteiger partial charge in [-0.25, -0.2) is 8.42 Å². The molecule has 1 aliphatic heterocycles. The number of hydrogen-bond donors (Lipinski definition) is 1. The molecule has 1 aliphatic rings. The van der Waals surface area contributed by atoms with Crippen LogP contribution in [0.4, 0.5) is 0 Å². The fraction of sp³-hybridized carbons (Fsp3) is 0.632. The van der Waals surface area contributed by atoms with Gasteiger partial charge < -0.3 is 19.9 Å². The summed E-state index contributed by atoms with van der Waals surface area (Å²) in [4.78, 5) is 13.0. The number of esters is 1. The second-order valence-electron chi connectivity index (χ2n) is 7.57. The van der Waals surface area contributed by atoms with Crippen molar-refractivity contribution in [2.45, 2.75) is 55.3 Å². The second-order valence-corrected chi connectivity index (χ2v) is 9.83. The van der Waals surface area contributed by atoms with E-state index in [4.69, 9.17) is 19.9 Å². The summed E-state index contributed by atoms with van der Waals surface area (Å²) in [6.45, 7) is 6.53. The summed E-state index contributed by atoms with van der Waals surface area (Å²) < 4.78 is 41.4. The van der Waals surface area contributed by atoms with Crippen LogP contribution < -0.4 is 10.5 Å². The normalized spacial score (nSPS) is 17.3. The molecular formula is C19H29NO6S. The first-order valence-corrected chi connectivity index (χ1v) is 10.6. The van der Waals surface area contributed by atoms with Crippen LogP contribution in [0.1, 0.15) is 40.0 Å². The highest BCUT2D eigenvalue weighted by atomic mass is 32.2. The number of carbonyl (C=O) groups is 1. The van der Waals surface area contributed by atoms with Gasteiger partial charge in [0, 0.05) is 26.1 Å². The Labute approximate surface area is 161 Å². The second kappa shape index (κ2) is 8.58. The zero-order chi connectivity index (χ0) is 20.1. The molecule has 1 heterocycles. The summed E-state index contributed by atoms with van der Waals surface area (Å²) in [5.41, 5.74) is 4.65. The lowest BCUT2D eigenvalue weighted by atomic mass is 9.99. The third kappa shape index (κ3) is 5.00. The van der Waals surface area contributed by atoms with E-state index < -0.39 is 26.2 Å². The molecule has 0 aliphatic carbocycles. The molecule has 0 amide bonds. The summed E-state index contributed by atoms with van der Waals surface area (Å²) >= 11 is 0. The third-order valence-corrected chi connectivity index (χ3v) is 6.83. The maximum absolute atomic E-state index is 13.4. The van der Waals surface area contributed by atoms with Crippen LogP contribution in [-0.4, -0.2) is 51.1 Å². The highest BCUT2D eigenvalue weighted by Gasteiger charge is 2.54. The standard InChI is InChI=1S/C19H29NO6S/c1-18(2,3)26-17(21)19(9-13-24-14-10-19)27(22,23)16-7-5-15(6-8-16)25-12-4-11-20/h5-8H,4,9-14,20H2,1-3H3. The van der Waals surface area contributed by atoms with Gasteiger partial charge in [0.25, 0.3) is 0 Å². The first-order chi connectivity index (χ1) is 12.6. The molecule has 1 aromatic carbocycles. The number of benzene rings is 1. The van der Waals surface area contributed by atoms with E-state index in [1.165, 1.54) is 12.1 Å². The molecule has 0 atom stereocenters. The molecular weight excluding hydrogens is 370 g/mol. The van der Waals surface area contributed by atoms with E-state index in [9.17, 15) is 13.2 Å². The van der Waals surface area contributed by atoms with Crippen molar-refractivity contribution in [2.75, 3.05) is 26.4 Å². The van der Waals surface area contributed by atoms with E-state index in [0.717, 1.165) is 0 Å². The predicted molar refractivity (Wildman–Crippen MR) is 101 cm³/mol. The van der Waals surface area contributed by atoms with Crippen LogP contribution in [0.15, 0.2) is 29.2 Å². The van der Waals surface area contributed by atoms with Crippen molar-refractivity contribution >= 4 is 15.8 Å². The number of ether oxygens (including phenoxy) is 3. The Morgan fingerprint density at radius 2 is 1.78 bits per heavy atom. The van der Waals surface area contributed by atoms with E-state index in [2.05, 4.69) is 0 Å². The van der Waals surface area contributed by atoms with Crippen molar-refractivity contribution in [3.8, 4) is 5.75 Å². The van der Waals surface area contributed by atoms with Crippen molar-refractivity contribution in [3.63, 3.8) is 0 Å². The van der Waals surface area contributed by atoms with E-state index in [0.29, 0.717) is 25.3 Å². The minimum atomic E-state index is -3.97. The zero-order valence-electron chi connectivity index (χ0n) is 16.2. The summed E-state index contributed by atoms with van der Waals surface area (Å²) in [5.74, 6) is -0.165. The smallest absolute Gasteiger partial charge is 0.328 e. The number of carbonyl (C=O) groups excluding carboxylic acids is 1. The molecule has 152 valence electrons. The van der Waals surface area contributed by atoms with Gasteiger partial charge in [-0.3, -0.25) is 4.79 Å². The molecule has 7 nitrogen and oxygen atoms in total. The van der Waals surface area contributed by atoms with Crippen molar-refractivity contribution in [1.29, 1.82) is 0 Å². The lowest BCUT2D eigenvalue weighted by molar-refractivity contribution is -0.160. The Hall–Kier alpha value is -1.64. The highest BCUT2D eigenvalue weighted by molar-refractivity contribution is 7.93. The molecule has 8 heteroatoms. The van der Waals surface area contributed by atoms with Crippen molar-refractivity contribution < 1.29 is 27.4 Å². The van der Waals surface area contributed by atoms with E-state index >= 15 is 0 Å². The number of sulfone groups is 1. The first-order valence-electron chi connectivity index (χ1n) is 9.11. The van der Waals surface area contributed by atoms with Crippen molar-refractivity contribution in [2.24, 2.45) is 5.73 Å². The molecule has 0 bridgehead atoms. The molecule has 27 heavy (non-hydrogen) atoms. The monoisotopic (exact) mass is 399 g/mol. The van der Waals surface area contributed by atoms with Crippen LogP contribution in [0.2, 0.25) is 0 Å². The number of rotatable bonds is 7. The van der Waals surface area contributed by atoms with Gasteiger partial charge in [0.1, 0.15) is 11.4 Å². The van der Waals surface area contributed by atoms with E-state index in [1.54, 1.807) is 32.9 Å². The Bertz CT molecular complexity index is 730. The Morgan fingerprint density at radius 3 is 2.30 bits per heavy atom. The maximum Gasteiger partial charge on any atom is 0.328 e. The van der Waals surface area contributed by atoms with Gasteiger partial charge in [0.2, 0.25) is 0 Å².